The average Bonchev–Trinajstić information content (AvgIpc) is 2.45. The summed E-state index contributed by atoms with van der Waals surface area (Å²) in [7, 11) is 0. The standard InChI is InChI=1S/C17H20FNO2/c18-15-9-8-14(7-6-12-20)16(13-15)17(21)19-10-4-2-1-3-5-11-19/h8-9,13,20H,1-5,10-12H2. The van der Waals surface area contributed by atoms with Gasteiger partial charge in [-0.3, -0.25) is 4.79 Å². The molecule has 1 aliphatic rings. The number of carbonyl (C=O) groups is 1. The van der Waals surface area contributed by atoms with Crippen molar-refractivity contribution in [1.29, 1.82) is 0 Å². The molecule has 2 rings (SSSR count). The van der Waals surface area contributed by atoms with E-state index >= 15 is 0 Å². The third-order valence-electron chi connectivity index (χ3n) is 3.66. The number of halogens is 1. The van der Waals surface area contributed by atoms with E-state index in [4.69, 9.17) is 5.11 Å². The van der Waals surface area contributed by atoms with Gasteiger partial charge in [-0.05, 0) is 31.0 Å². The van der Waals surface area contributed by atoms with Gasteiger partial charge in [0, 0.05) is 18.7 Å². The summed E-state index contributed by atoms with van der Waals surface area (Å²) in [6.45, 7) is 1.14. The van der Waals surface area contributed by atoms with Crippen molar-refractivity contribution in [2.75, 3.05) is 19.7 Å². The predicted octanol–water partition coefficient (Wildman–Crippen LogP) is 2.58. The lowest BCUT2D eigenvalue weighted by Gasteiger charge is -2.25. The molecule has 1 aliphatic heterocycles. The van der Waals surface area contributed by atoms with E-state index in [1.807, 2.05) is 0 Å². The molecule has 1 aromatic carbocycles. The minimum absolute atomic E-state index is 0.168. The number of aliphatic hydroxyl groups excluding tert-OH is 1. The normalized spacial score (nSPS) is 15.6. The van der Waals surface area contributed by atoms with Crippen LogP contribution in [0, 0.1) is 17.7 Å². The molecule has 1 heterocycles. The summed E-state index contributed by atoms with van der Waals surface area (Å²) in [6.07, 6.45) is 5.45. The van der Waals surface area contributed by atoms with Crippen molar-refractivity contribution >= 4 is 5.91 Å². The minimum atomic E-state index is -0.444. The largest absolute Gasteiger partial charge is 0.384 e. The summed E-state index contributed by atoms with van der Waals surface area (Å²) < 4.78 is 13.5. The molecule has 0 radical (unpaired) electrons. The van der Waals surface area contributed by atoms with E-state index in [2.05, 4.69) is 11.8 Å². The third-order valence-corrected chi connectivity index (χ3v) is 3.66. The van der Waals surface area contributed by atoms with E-state index in [9.17, 15) is 9.18 Å². The topological polar surface area (TPSA) is 40.5 Å². The van der Waals surface area contributed by atoms with E-state index in [0.29, 0.717) is 18.7 Å². The maximum atomic E-state index is 13.5. The Morgan fingerprint density at radius 1 is 1.19 bits per heavy atom. The van der Waals surface area contributed by atoms with Crippen LogP contribution in [0.3, 0.4) is 0 Å². The second kappa shape index (κ2) is 7.80. The molecule has 1 saturated heterocycles. The molecule has 3 nitrogen and oxygen atoms in total. The lowest BCUT2D eigenvalue weighted by Crippen LogP contribution is -2.34. The Labute approximate surface area is 124 Å². The van der Waals surface area contributed by atoms with Crippen molar-refractivity contribution in [2.24, 2.45) is 0 Å². The number of likely N-dealkylation sites (tertiary alicyclic amines) is 1. The Hall–Kier alpha value is -1.86. The van der Waals surface area contributed by atoms with Crippen molar-refractivity contribution in [3.8, 4) is 11.8 Å². The van der Waals surface area contributed by atoms with E-state index in [-0.39, 0.29) is 18.1 Å². The molecule has 0 atom stereocenters. The van der Waals surface area contributed by atoms with Crippen LogP contribution in [0.15, 0.2) is 18.2 Å². The van der Waals surface area contributed by atoms with Crippen molar-refractivity contribution in [3.05, 3.63) is 35.1 Å². The van der Waals surface area contributed by atoms with Gasteiger partial charge in [0.25, 0.3) is 5.91 Å². The molecule has 0 bridgehead atoms. The van der Waals surface area contributed by atoms with E-state index < -0.39 is 5.82 Å². The molecule has 0 unspecified atom stereocenters. The summed E-state index contributed by atoms with van der Waals surface area (Å²) in [6, 6.07) is 4.02. The molecule has 21 heavy (non-hydrogen) atoms. The summed E-state index contributed by atoms with van der Waals surface area (Å²) in [5.74, 6) is 4.63. The first-order chi connectivity index (χ1) is 10.2. The van der Waals surface area contributed by atoms with Gasteiger partial charge < -0.3 is 10.0 Å². The minimum Gasteiger partial charge on any atom is -0.384 e. The van der Waals surface area contributed by atoms with E-state index in [1.54, 1.807) is 4.90 Å². The van der Waals surface area contributed by atoms with Crippen LogP contribution < -0.4 is 0 Å². The fourth-order valence-corrected chi connectivity index (χ4v) is 2.56. The molecule has 1 aromatic rings. The predicted molar refractivity (Wildman–Crippen MR) is 79.4 cm³/mol. The number of hydrogen-bond acceptors (Lipinski definition) is 2. The highest BCUT2D eigenvalue weighted by Gasteiger charge is 2.19. The van der Waals surface area contributed by atoms with Gasteiger partial charge in [0.15, 0.2) is 0 Å². The van der Waals surface area contributed by atoms with Gasteiger partial charge in [-0.1, -0.05) is 31.1 Å². The smallest absolute Gasteiger partial charge is 0.255 e. The Morgan fingerprint density at radius 3 is 2.52 bits per heavy atom. The van der Waals surface area contributed by atoms with Gasteiger partial charge >= 0.3 is 0 Å². The average molecular weight is 289 g/mol. The van der Waals surface area contributed by atoms with Gasteiger partial charge in [-0.25, -0.2) is 4.39 Å². The highest BCUT2D eigenvalue weighted by molar-refractivity contribution is 5.96. The van der Waals surface area contributed by atoms with Crippen LogP contribution in [0.5, 0.6) is 0 Å². The van der Waals surface area contributed by atoms with Crippen LogP contribution in [0.1, 0.15) is 48.0 Å². The molecule has 1 N–H and O–H groups in total. The number of nitrogens with zero attached hydrogens (tertiary/aromatic N) is 1. The van der Waals surface area contributed by atoms with Gasteiger partial charge in [0.05, 0.1) is 5.56 Å². The summed E-state index contributed by atoms with van der Waals surface area (Å²) in [5.41, 5.74) is 0.758. The Kier molecular flexibility index (Phi) is 5.77. The van der Waals surface area contributed by atoms with Gasteiger partial charge in [-0.15, -0.1) is 0 Å². The molecule has 1 fully saturated rings. The van der Waals surface area contributed by atoms with Crippen molar-refractivity contribution < 1.29 is 14.3 Å². The van der Waals surface area contributed by atoms with E-state index in [0.717, 1.165) is 25.7 Å². The molecular weight excluding hydrogens is 269 g/mol. The van der Waals surface area contributed by atoms with E-state index in [1.165, 1.54) is 24.6 Å². The molecule has 112 valence electrons. The first kappa shape index (κ1) is 15.5. The van der Waals surface area contributed by atoms with Crippen LogP contribution in [-0.2, 0) is 0 Å². The highest BCUT2D eigenvalue weighted by atomic mass is 19.1. The summed E-state index contributed by atoms with van der Waals surface area (Å²) in [4.78, 5) is 14.4. The third kappa shape index (κ3) is 4.30. The van der Waals surface area contributed by atoms with Crippen LogP contribution in [0.25, 0.3) is 0 Å². The number of amides is 1. The first-order valence-corrected chi connectivity index (χ1v) is 7.41. The molecule has 0 aliphatic carbocycles. The number of aliphatic hydroxyl groups is 1. The van der Waals surface area contributed by atoms with Crippen LogP contribution in [0.2, 0.25) is 0 Å². The second-order valence-corrected chi connectivity index (χ2v) is 5.21. The quantitative estimate of drug-likeness (QED) is 0.807. The second-order valence-electron chi connectivity index (χ2n) is 5.21. The van der Waals surface area contributed by atoms with Gasteiger partial charge in [0.2, 0.25) is 0 Å². The highest BCUT2D eigenvalue weighted by Crippen LogP contribution is 2.17. The molecule has 0 saturated carbocycles. The van der Waals surface area contributed by atoms with Crippen molar-refractivity contribution in [1.82, 2.24) is 4.90 Å². The van der Waals surface area contributed by atoms with Crippen molar-refractivity contribution in [3.63, 3.8) is 0 Å². The van der Waals surface area contributed by atoms with Crippen LogP contribution >= 0.6 is 0 Å². The lowest BCUT2D eigenvalue weighted by molar-refractivity contribution is 0.0741. The molecule has 4 heteroatoms. The Morgan fingerprint density at radius 2 is 1.86 bits per heavy atom. The molecule has 0 spiro atoms. The van der Waals surface area contributed by atoms with Crippen LogP contribution in [0.4, 0.5) is 4.39 Å². The zero-order chi connectivity index (χ0) is 15.1. The number of hydrogen-bond donors (Lipinski definition) is 1. The Bertz CT molecular complexity index is 552. The zero-order valence-electron chi connectivity index (χ0n) is 12.1. The van der Waals surface area contributed by atoms with Gasteiger partial charge in [-0.2, -0.15) is 0 Å². The first-order valence-electron chi connectivity index (χ1n) is 7.41. The summed E-state index contributed by atoms with van der Waals surface area (Å²) in [5, 5.41) is 8.79. The number of rotatable bonds is 1. The summed E-state index contributed by atoms with van der Waals surface area (Å²) >= 11 is 0. The lowest BCUT2D eigenvalue weighted by atomic mass is 10.0. The number of benzene rings is 1. The SMILES string of the molecule is O=C(c1cc(F)ccc1C#CCO)N1CCCCCCC1. The molecule has 1 amide bonds. The maximum Gasteiger partial charge on any atom is 0.255 e. The zero-order valence-corrected chi connectivity index (χ0v) is 12.1. The number of carbonyl (C=O) groups excluding carboxylic acids is 1. The monoisotopic (exact) mass is 289 g/mol. The van der Waals surface area contributed by atoms with Crippen LogP contribution in [-0.4, -0.2) is 35.6 Å². The fraction of sp³-hybridized carbons (Fsp3) is 0.471. The fourth-order valence-electron chi connectivity index (χ4n) is 2.56. The molecular formula is C17H20FNO2. The van der Waals surface area contributed by atoms with Gasteiger partial charge in [0.1, 0.15) is 12.4 Å². The Balaban J connectivity index is 2.25. The van der Waals surface area contributed by atoms with Crippen molar-refractivity contribution in [2.45, 2.75) is 32.1 Å². The maximum absolute atomic E-state index is 13.5. The molecule has 0 aromatic heterocycles.